The number of hydrogen-bond acceptors (Lipinski definition) is 14. The van der Waals surface area contributed by atoms with Crippen molar-refractivity contribution in [1.82, 2.24) is 10.2 Å². The number of non-ortho nitro benzene ring substituents is 1. The number of nitro groups is 1. The maximum atomic E-state index is 13.9. The van der Waals surface area contributed by atoms with Crippen LogP contribution in [0.1, 0.15) is 35.1 Å². The molecule has 0 radical (unpaired) electrons. The van der Waals surface area contributed by atoms with E-state index in [1.54, 1.807) is 53.1 Å². The molecule has 7 rings (SSSR count). The van der Waals surface area contributed by atoms with E-state index in [4.69, 9.17) is 28.4 Å². The summed E-state index contributed by atoms with van der Waals surface area (Å²) in [4.78, 5) is 55.6. The number of esters is 1. The molecule has 2 amide bonds. The Balaban J connectivity index is 1.13. The Labute approximate surface area is 314 Å². The first-order chi connectivity index (χ1) is 26.1. The highest BCUT2D eigenvalue weighted by atomic mass is 32.2. The second-order valence-corrected chi connectivity index (χ2v) is 14.3. The Morgan fingerprint density at radius 3 is 2.26 bits per heavy atom. The number of benzene rings is 3. The zero-order valence-corrected chi connectivity index (χ0v) is 30.7. The van der Waals surface area contributed by atoms with Gasteiger partial charge < -0.3 is 48.6 Å². The van der Waals surface area contributed by atoms with Crippen molar-refractivity contribution in [3.8, 4) is 28.7 Å². The van der Waals surface area contributed by atoms with E-state index in [2.05, 4.69) is 10.2 Å². The summed E-state index contributed by atoms with van der Waals surface area (Å²) < 4.78 is 34.1. The summed E-state index contributed by atoms with van der Waals surface area (Å²) in [5.41, 5.74) is 2.65. The lowest BCUT2D eigenvalue weighted by Crippen LogP contribution is -2.55. The maximum absolute atomic E-state index is 13.9. The van der Waals surface area contributed by atoms with Crippen molar-refractivity contribution in [2.75, 3.05) is 70.7 Å². The molecular weight excluding hydrogens is 724 g/mol. The number of piperazine rings is 1. The lowest BCUT2D eigenvalue weighted by molar-refractivity contribution is -0.384. The first-order valence-electron chi connectivity index (χ1n) is 17.4. The number of alkyl carbamates (subject to hydrolysis) is 1. The van der Waals surface area contributed by atoms with Gasteiger partial charge in [-0.3, -0.25) is 19.7 Å². The van der Waals surface area contributed by atoms with Crippen molar-refractivity contribution < 1.29 is 52.8 Å². The number of methoxy groups -OCH3 is 2. The Hall–Kier alpha value is -5.58. The van der Waals surface area contributed by atoms with Gasteiger partial charge >= 0.3 is 12.1 Å². The third kappa shape index (κ3) is 6.95. The van der Waals surface area contributed by atoms with Crippen LogP contribution >= 0.6 is 11.8 Å². The minimum absolute atomic E-state index is 0.00574. The molecule has 0 spiro atoms. The second kappa shape index (κ2) is 15.4. The Morgan fingerprint density at radius 2 is 1.65 bits per heavy atom. The number of fused-ring (bicyclic) bond motifs is 3. The number of anilines is 1. The summed E-state index contributed by atoms with van der Waals surface area (Å²) in [6, 6.07) is 12.2. The number of nitrogens with zero attached hydrogens (tertiary/aromatic N) is 3. The molecule has 1 aliphatic carbocycles. The van der Waals surface area contributed by atoms with E-state index in [1.807, 2.05) is 6.26 Å². The normalized spacial score (nSPS) is 21.7. The van der Waals surface area contributed by atoms with Crippen LogP contribution in [0.5, 0.6) is 28.7 Å². The number of cyclic esters (lactones) is 1. The quantitative estimate of drug-likeness (QED) is 0.160. The minimum atomic E-state index is -0.954. The average molecular weight is 765 g/mol. The molecule has 54 heavy (non-hydrogen) atoms. The number of carbonyl (C=O) groups excluding carboxylic acids is 3. The van der Waals surface area contributed by atoms with Gasteiger partial charge in [0.05, 0.1) is 31.7 Å². The van der Waals surface area contributed by atoms with Gasteiger partial charge in [0.1, 0.15) is 12.1 Å². The third-order valence-electron chi connectivity index (χ3n) is 10.4. The number of rotatable bonds is 11. The number of nitro benzene ring substituents is 1. The highest BCUT2D eigenvalue weighted by Gasteiger charge is 2.54. The molecular formula is C37H40N4O12S. The summed E-state index contributed by atoms with van der Waals surface area (Å²) in [7, 11) is 2.83. The molecule has 3 aromatic rings. The molecule has 2 N–H and O–H groups in total. The van der Waals surface area contributed by atoms with E-state index in [0.717, 1.165) is 5.69 Å². The standard InChI is InChI=1S/C37H40N4O12S/c1-48-29-14-20(15-30(49-2)33(29)42)31-23-16-27-28(52-19-51-27)17-24(23)34(25-18-50-36(44)32(25)31)53-37(45)38-26(8-13-54-3)35(43)40-11-9-39(10-12-40)21-4-6-22(7-5-21)41(46)47/h4-7,14-17,25-26,31-32,34,42H,8-13,18-19H2,1-3H3,(H,38,45)/t25-,26+,31+,32-,34+/m0/s1. The summed E-state index contributed by atoms with van der Waals surface area (Å²) in [6.45, 7) is 1.77. The molecule has 5 atom stereocenters. The number of thioether (sulfide) groups is 1. The van der Waals surface area contributed by atoms with Crippen LogP contribution in [0.2, 0.25) is 0 Å². The number of carbonyl (C=O) groups is 3. The zero-order valence-electron chi connectivity index (χ0n) is 29.9. The smallest absolute Gasteiger partial charge is 0.408 e. The molecule has 2 fully saturated rings. The Morgan fingerprint density at radius 1 is 1.00 bits per heavy atom. The fraction of sp³-hybridized carbons (Fsp3) is 0.432. The van der Waals surface area contributed by atoms with Crippen molar-refractivity contribution in [2.24, 2.45) is 11.8 Å². The highest BCUT2D eigenvalue weighted by molar-refractivity contribution is 7.98. The van der Waals surface area contributed by atoms with E-state index in [0.29, 0.717) is 66.5 Å². The minimum Gasteiger partial charge on any atom is -0.502 e. The van der Waals surface area contributed by atoms with E-state index < -0.39 is 46.9 Å². The molecule has 4 aliphatic rings. The van der Waals surface area contributed by atoms with Gasteiger partial charge in [-0.1, -0.05) is 0 Å². The maximum Gasteiger partial charge on any atom is 0.408 e. The van der Waals surface area contributed by atoms with Gasteiger partial charge in [0.25, 0.3) is 5.69 Å². The van der Waals surface area contributed by atoms with Crippen molar-refractivity contribution in [1.29, 1.82) is 0 Å². The van der Waals surface area contributed by atoms with E-state index in [-0.39, 0.29) is 42.2 Å². The number of nitrogens with one attached hydrogen (secondary N) is 1. The van der Waals surface area contributed by atoms with Crippen LogP contribution in [-0.2, 0) is 19.1 Å². The Bertz CT molecular complexity index is 1910. The van der Waals surface area contributed by atoms with Gasteiger partial charge in [0.15, 0.2) is 23.0 Å². The summed E-state index contributed by atoms with van der Waals surface area (Å²) in [6.07, 6.45) is 0.498. The van der Waals surface area contributed by atoms with Crippen LogP contribution in [0.25, 0.3) is 0 Å². The van der Waals surface area contributed by atoms with Crippen LogP contribution in [0.4, 0.5) is 16.2 Å². The lowest BCUT2D eigenvalue weighted by Gasteiger charge is -2.39. The van der Waals surface area contributed by atoms with Crippen molar-refractivity contribution >= 4 is 41.1 Å². The van der Waals surface area contributed by atoms with Gasteiger partial charge in [-0.15, -0.1) is 0 Å². The van der Waals surface area contributed by atoms with Crippen LogP contribution in [0.15, 0.2) is 48.5 Å². The molecule has 3 heterocycles. The van der Waals surface area contributed by atoms with Crippen LogP contribution in [-0.4, -0.2) is 105 Å². The van der Waals surface area contributed by atoms with Crippen LogP contribution < -0.4 is 29.2 Å². The molecule has 3 aliphatic heterocycles. The number of phenols is 1. The summed E-state index contributed by atoms with van der Waals surface area (Å²) >= 11 is 1.54. The first-order valence-corrected chi connectivity index (χ1v) is 18.8. The summed E-state index contributed by atoms with van der Waals surface area (Å²) in [5.74, 6) is -1.13. The monoisotopic (exact) mass is 764 g/mol. The van der Waals surface area contributed by atoms with Gasteiger partial charge in [-0.2, -0.15) is 11.8 Å². The van der Waals surface area contributed by atoms with E-state index in [9.17, 15) is 29.6 Å². The van der Waals surface area contributed by atoms with E-state index >= 15 is 0 Å². The largest absolute Gasteiger partial charge is 0.502 e. The van der Waals surface area contributed by atoms with Gasteiger partial charge in [0, 0.05) is 61.4 Å². The SMILES string of the molecule is COc1cc([C@@H]2c3cc4c(cc3[C@@H](OC(=O)N[C@H](CCSC)C(=O)N3CCN(c5ccc([N+](=O)[O-])cc5)CC3)[C@H]3COC(=O)[C@H]23)OCO4)cc(OC)c1O. The molecule has 17 heteroatoms. The lowest BCUT2D eigenvalue weighted by atomic mass is 9.66. The fourth-order valence-corrected chi connectivity index (χ4v) is 8.20. The van der Waals surface area contributed by atoms with E-state index in [1.165, 1.54) is 26.4 Å². The average Bonchev–Trinajstić information content (AvgIpc) is 3.81. The molecule has 286 valence electrons. The predicted octanol–water partition coefficient (Wildman–Crippen LogP) is 4.22. The number of aromatic hydroxyl groups is 1. The molecule has 0 bridgehead atoms. The number of amides is 2. The molecule has 0 unspecified atom stereocenters. The highest BCUT2D eigenvalue weighted by Crippen LogP contribution is 2.56. The third-order valence-corrected chi connectivity index (χ3v) is 11.1. The Kier molecular flexibility index (Phi) is 10.5. The van der Waals surface area contributed by atoms with Crippen LogP contribution in [0.3, 0.4) is 0 Å². The van der Waals surface area contributed by atoms with Crippen molar-refractivity contribution in [3.63, 3.8) is 0 Å². The number of phenolic OH excluding ortho intramolecular Hbond substituents is 1. The molecule has 3 aromatic carbocycles. The topological polar surface area (TPSA) is 188 Å². The summed E-state index contributed by atoms with van der Waals surface area (Å²) in [5, 5.41) is 24.5. The second-order valence-electron chi connectivity index (χ2n) is 13.3. The van der Waals surface area contributed by atoms with Gasteiger partial charge in [0.2, 0.25) is 18.4 Å². The van der Waals surface area contributed by atoms with Crippen LogP contribution in [0, 0.1) is 22.0 Å². The van der Waals surface area contributed by atoms with Crippen molar-refractivity contribution in [2.45, 2.75) is 24.5 Å². The number of hydrogen-bond donors (Lipinski definition) is 2. The van der Waals surface area contributed by atoms with Gasteiger partial charge in [-0.05, 0) is 66.0 Å². The fourth-order valence-electron chi connectivity index (χ4n) is 7.73. The van der Waals surface area contributed by atoms with Gasteiger partial charge in [-0.25, -0.2) is 4.79 Å². The zero-order chi connectivity index (χ0) is 38.1. The van der Waals surface area contributed by atoms with Crippen molar-refractivity contribution in [3.05, 3.63) is 75.3 Å². The molecule has 16 nitrogen and oxygen atoms in total. The molecule has 0 saturated carbocycles. The number of ether oxygens (including phenoxy) is 6. The molecule has 2 saturated heterocycles. The molecule has 0 aromatic heterocycles. The first kappa shape index (κ1) is 36.8. The predicted molar refractivity (Wildman–Crippen MR) is 195 cm³/mol.